The van der Waals surface area contributed by atoms with Crippen LogP contribution < -0.4 is 4.74 Å². The molecule has 0 spiro atoms. The number of aromatic nitrogens is 3. The molecule has 30 heavy (non-hydrogen) atoms. The number of nitrogens with one attached hydrogen (secondary N) is 1. The van der Waals surface area contributed by atoms with E-state index in [4.69, 9.17) is 21.4 Å². The molecule has 0 atom stereocenters. The standard InChI is InChI=1S/C19H13BrClN3O5S/c20-13-7-10(1-6-14(13)29-9-16(25)26)8-15(18(27)28)30-19-22-17(23-24-19)11-2-4-12(21)5-3-11/h1-8H,9H2,(H,25,26)(H,27,28)(H,22,23,24)/b15-8+. The molecule has 1 aromatic heterocycles. The number of carboxylic acid groups (broad SMARTS) is 2. The van der Waals surface area contributed by atoms with E-state index in [-0.39, 0.29) is 10.1 Å². The number of ether oxygens (including phenoxy) is 1. The minimum atomic E-state index is -1.14. The lowest BCUT2D eigenvalue weighted by Gasteiger charge is -2.07. The Kier molecular flexibility index (Phi) is 7.14. The van der Waals surface area contributed by atoms with Crippen molar-refractivity contribution >= 4 is 57.3 Å². The smallest absolute Gasteiger partial charge is 0.342 e. The third-order valence-corrected chi connectivity index (χ3v) is 5.35. The Balaban J connectivity index is 1.78. The van der Waals surface area contributed by atoms with Crippen LogP contribution in [0.25, 0.3) is 17.5 Å². The number of thioether (sulfide) groups is 1. The zero-order valence-corrected chi connectivity index (χ0v) is 18.2. The molecule has 0 aliphatic rings. The van der Waals surface area contributed by atoms with Gasteiger partial charge in [0.1, 0.15) is 10.7 Å². The van der Waals surface area contributed by atoms with E-state index in [0.29, 0.717) is 26.6 Å². The highest BCUT2D eigenvalue weighted by atomic mass is 79.9. The van der Waals surface area contributed by atoms with Gasteiger partial charge < -0.3 is 14.9 Å². The molecule has 154 valence electrons. The van der Waals surface area contributed by atoms with Crippen LogP contribution >= 0.6 is 39.3 Å². The lowest BCUT2D eigenvalue weighted by molar-refractivity contribution is -0.139. The van der Waals surface area contributed by atoms with Crippen LogP contribution in [0.4, 0.5) is 0 Å². The van der Waals surface area contributed by atoms with Crippen LogP contribution in [0.2, 0.25) is 5.02 Å². The Bertz CT molecular complexity index is 1120. The number of aromatic amines is 1. The van der Waals surface area contributed by atoms with Gasteiger partial charge in [-0.2, -0.15) is 0 Å². The van der Waals surface area contributed by atoms with Crippen LogP contribution in [0.15, 0.2) is 57.0 Å². The van der Waals surface area contributed by atoms with Gasteiger partial charge in [-0.05, 0) is 75.7 Å². The van der Waals surface area contributed by atoms with E-state index in [9.17, 15) is 14.7 Å². The maximum Gasteiger partial charge on any atom is 0.342 e. The van der Waals surface area contributed by atoms with Crippen molar-refractivity contribution in [3.63, 3.8) is 0 Å². The van der Waals surface area contributed by atoms with Crippen molar-refractivity contribution < 1.29 is 24.5 Å². The van der Waals surface area contributed by atoms with E-state index in [1.165, 1.54) is 6.08 Å². The number of hydrogen-bond acceptors (Lipinski definition) is 6. The Morgan fingerprint density at radius 3 is 2.57 bits per heavy atom. The highest BCUT2D eigenvalue weighted by molar-refractivity contribution is 9.10. The normalized spacial score (nSPS) is 11.3. The quantitative estimate of drug-likeness (QED) is 0.297. The SMILES string of the molecule is O=C(O)COc1ccc(/C=C(/Sc2n[nH]c(-c3ccc(Cl)cc3)n2)C(=O)O)cc1Br. The summed E-state index contributed by atoms with van der Waals surface area (Å²) in [7, 11) is 0. The van der Waals surface area contributed by atoms with Crippen molar-refractivity contribution in [2.75, 3.05) is 6.61 Å². The summed E-state index contributed by atoms with van der Waals surface area (Å²) in [5.41, 5.74) is 1.34. The summed E-state index contributed by atoms with van der Waals surface area (Å²) in [6.45, 7) is -0.481. The summed E-state index contributed by atoms with van der Waals surface area (Å²) in [5.74, 6) is -1.41. The van der Waals surface area contributed by atoms with E-state index >= 15 is 0 Å². The van der Waals surface area contributed by atoms with Crippen molar-refractivity contribution in [3.8, 4) is 17.1 Å². The van der Waals surface area contributed by atoms with Gasteiger partial charge >= 0.3 is 11.9 Å². The molecule has 0 bridgehead atoms. The lowest BCUT2D eigenvalue weighted by Crippen LogP contribution is -2.09. The molecule has 0 unspecified atom stereocenters. The average Bonchev–Trinajstić information content (AvgIpc) is 3.15. The van der Waals surface area contributed by atoms with Crippen LogP contribution in [0, 0.1) is 0 Å². The molecule has 8 nitrogen and oxygen atoms in total. The second-order valence-electron chi connectivity index (χ2n) is 5.76. The molecule has 0 saturated carbocycles. The fraction of sp³-hybridized carbons (Fsp3) is 0.0526. The highest BCUT2D eigenvalue weighted by Crippen LogP contribution is 2.31. The number of aliphatic carboxylic acids is 2. The Labute approximate surface area is 188 Å². The maximum atomic E-state index is 11.7. The number of halogens is 2. The summed E-state index contributed by atoms with van der Waals surface area (Å²) in [6, 6.07) is 11.8. The second-order valence-corrected chi connectivity index (χ2v) is 8.06. The first-order valence-electron chi connectivity index (χ1n) is 8.27. The summed E-state index contributed by atoms with van der Waals surface area (Å²) >= 11 is 10.1. The van der Waals surface area contributed by atoms with Gasteiger partial charge in [0.05, 0.1) is 4.47 Å². The van der Waals surface area contributed by atoms with Gasteiger partial charge in [-0.3, -0.25) is 5.10 Å². The van der Waals surface area contributed by atoms with E-state index in [1.54, 1.807) is 42.5 Å². The highest BCUT2D eigenvalue weighted by Gasteiger charge is 2.15. The van der Waals surface area contributed by atoms with Gasteiger partial charge in [0.25, 0.3) is 0 Å². The topological polar surface area (TPSA) is 125 Å². The van der Waals surface area contributed by atoms with Crippen LogP contribution in [-0.2, 0) is 9.59 Å². The molecule has 11 heteroatoms. The summed E-state index contributed by atoms with van der Waals surface area (Å²) < 4.78 is 5.63. The minimum absolute atomic E-state index is 0.00256. The minimum Gasteiger partial charge on any atom is -0.481 e. The lowest BCUT2D eigenvalue weighted by atomic mass is 10.2. The molecule has 0 fully saturated rings. The first-order valence-corrected chi connectivity index (χ1v) is 10.3. The predicted octanol–water partition coefficient (Wildman–Crippen LogP) is 4.57. The number of benzene rings is 2. The van der Waals surface area contributed by atoms with Gasteiger partial charge in [-0.25, -0.2) is 14.6 Å². The Morgan fingerprint density at radius 1 is 1.20 bits per heavy atom. The Morgan fingerprint density at radius 2 is 1.93 bits per heavy atom. The number of carboxylic acids is 2. The van der Waals surface area contributed by atoms with Gasteiger partial charge in [-0.15, -0.1) is 5.10 Å². The largest absolute Gasteiger partial charge is 0.481 e. The first-order chi connectivity index (χ1) is 14.3. The summed E-state index contributed by atoms with van der Waals surface area (Å²) in [6.07, 6.45) is 1.46. The van der Waals surface area contributed by atoms with Crippen LogP contribution in [0.5, 0.6) is 5.75 Å². The van der Waals surface area contributed by atoms with Gasteiger partial charge in [0, 0.05) is 10.6 Å². The molecule has 0 saturated heterocycles. The summed E-state index contributed by atoms with van der Waals surface area (Å²) in [4.78, 5) is 26.6. The van der Waals surface area contributed by atoms with Crippen LogP contribution in [0.1, 0.15) is 5.56 Å². The van der Waals surface area contributed by atoms with Crippen molar-refractivity contribution in [3.05, 3.63) is 62.4 Å². The third-order valence-electron chi connectivity index (χ3n) is 3.60. The van der Waals surface area contributed by atoms with Crippen LogP contribution in [0.3, 0.4) is 0 Å². The van der Waals surface area contributed by atoms with E-state index in [2.05, 4.69) is 31.1 Å². The monoisotopic (exact) mass is 509 g/mol. The molecular weight excluding hydrogens is 498 g/mol. The number of nitrogens with zero attached hydrogens (tertiary/aromatic N) is 2. The number of rotatable bonds is 8. The first kappa shape index (κ1) is 21.9. The molecular formula is C19H13BrClN3O5S. The molecule has 0 aliphatic heterocycles. The van der Waals surface area contributed by atoms with Crippen molar-refractivity contribution in [2.24, 2.45) is 0 Å². The zero-order valence-electron chi connectivity index (χ0n) is 15.0. The number of carbonyl (C=O) groups is 2. The van der Waals surface area contributed by atoms with Crippen molar-refractivity contribution in [2.45, 2.75) is 5.16 Å². The van der Waals surface area contributed by atoms with Gasteiger partial charge in [0.15, 0.2) is 12.4 Å². The maximum absolute atomic E-state index is 11.7. The van der Waals surface area contributed by atoms with E-state index in [0.717, 1.165) is 17.3 Å². The van der Waals surface area contributed by atoms with Gasteiger partial charge in [0.2, 0.25) is 5.16 Å². The fourth-order valence-corrected chi connectivity index (χ4v) is 3.62. The van der Waals surface area contributed by atoms with Gasteiger partial charge in [-0.1, -0.05) is 17.7 Å². The number of hydrogen-bond donors (Lipinski definition) is 3. The third kappa shape index (κ3) is 5.85. The average molecular weight is 511 g/mol. The Hall–Kier alpha value is -2.82. The second kappa shape index (κ2) is 9.79. The predicted molar refractivity (Wildman–Crippen MR) is 116 cm³/mol. The molecule has 3 rings (SSSR count). The zero-order chi connectivity index (χ0) is 21.7. The molecule has 3 N–H and O–H groups in total. The van der Waals surface area contributed by atoms with E-state index < -0.39 is 18.5 Å². The summed E-state index contributed by atoms with van der Waals surface area (Å²) in [5, 5.41) is 25.9. The van der Waals surface area contributed by atoms with Crippen molar-refractivity contribution in [1.29, 1.82) is 0 Å². The molecule has 0 amide bonds. The fourth-order valence-electron chi connectivity index (χ4n) is 2.28. The number of H-pyrrole nitrogens is 1. The van der Waals surface area contributed by atoms with E-state index in [1.807, 2.05) is 0 Å². The van der Waals surface area contributed by atoms with Crippen LogP contribution in [-0.4, -0.2) is 43.9 Å². The molecule has 3 aromatic rings. The molecule has 2 aromatic carbocycles. The molecule has 1 heterocycles. The molecule has 0 aliphatic carbocycles. The molecule has 0 radical (unpaired) electrons. The van der Waals surface area contributed by atoms with Crippen molar-refractivity contribution in [1.82, 2.24) is 15.2 Å².